The molecule has 94 valence electrons. The van der Waals surface area contributed by atoms with Crippen LogP contribution in [0.4, 0.5) is 4.39 Å². The van der Waals surface area contributed by atoms with Crippen LogP contribution in [0.15, 0.2) is 48.5 Å². The number of alkyl halides is 1. The van der Waals surface area contributed by atoms with E-state index in [9.17, 15) is 4.39 Å². The molecule has 0 saturated heterocycles. The Balaban J connectivity index is 1.99. The minimum absolute atomic E-state index is 0.143. The lowest BCUT2D eigenvalue weighted by atomic mass is 10.0. The Bertz CT molecular complexity index is 488. The van der Waals surface area contributed by atoms with Gasteiger partial charge in [0.2, 0.25) is 0 Å². The first-order valence-electron chi connectivity index (χ1n) is 6.10. The molecule has 0 aliphatic rings. The summed E-state index contributed by atoms with van der Waals surface area (Å²) in [5, 5.41) is 0. The normalized spacial score (nSPS) is 12.4. The molecular weight excluding hydrogens is 291 g/mol. The molecule has 0 saturated carbocycles. The molecule has 0 bridgehead atoms. The van der Waals surface area contributed by atoms with Crippen molar-refractivity contribution in [1.29, 1.82) is 0 Å². The van der Waals surface area contributed by atoms with Gasteiger partial charge in [-0.15, -0.1) is 0 Å². The molecule has 0 radical (unpaired) electrons. The van der Waals surface area contributed by atoms with Crippen molar-refractivity contribution >= 4 is 15.9 Å². The van der Waals surface area contributed by atoms with E-state index >= 15 is 0 Å². The lowest BCUT2D eigenvalue weighted by Crippen LogP contribution is -1.94. The predicted molar refractivity (Wildman–Crippen MR) is 77.6 cm³/mol. The van der Waals surface area contributed by atoms with Gasteiger partial charge in [-0.05, 0) is 48.6 Å². The van der Waals surface area contributed by atoms with E-state index in [0.717, 1.165) is 24.0 Å². The molecule has 2 aromatic carbocycles. The van der Waals surface area contributed by atoms with Gasteiger partial charge in [0.25, 0.3) is 0 Å². The molecule has 2 heteroatoms. The Hall–Kier alpha value is -1.15. The smallest absolute Gasteiger partial charge is 0.123 e. The highest BCUT2D eigenvalue weighted by atomic mass is 79.9. The highest BCUT2D eigenvalue weighted by Crippen LogP contribution is 2.27. The minimum atomic E-state index is -0.143. The minimum Gasteiger partial charge on any atom is -0.207 e. The first-order valence-corrected chi connectivity index (χ1v) is 7.02. The Morgan fingerprint density at radius 1 is 1.11 bits per heavy atom. The molecule has 0 nitrogen and oxygen atoms in total. The van der Waals surface area contributed by atoms with Crippen molar-refractivity contribution in [2.24, 2.45) is 0 Å². The molecule has 1 atom stereocenters. The zero-order valence-corrected chi connectivity index (χ0v) is 12.0. The molecule has 0 heterocycles. The number of hydrogen-bond donors (Lipinski definition) is 0. The van der Waals surface area contributed by atoms with E-state index < -0.39 is 0 Å². The molecule has 18 heavy (non-hydrogen) atoms. The molecule has 2 rings (SSSR count). The Kier molecular flexibility index (Phi) is 4.54. The third-order valence-corrected chi connectivity index (χ3v) is 3.94. The van der Waals surface area contributed by atoms with E-state index in [1.54, 1.807) is 12.1 Å². The average Bonchev–Trinajstić information content (AvgIpc) is 2.36. The summed E-state index contributed by atoms with van der Waals surface area (Å²) >= 11 is 3.69. The van der Waals surface area contributed by atoms with Crippen molar-refractivity contribution in [1.82, 2.24) is 0 Å². The average molecular weight is 307 g/mol. The number of benzene rings is 2. The van der Waals surface area contributed by atoms with Crippen LogP contribution in [0.3, 0.4) is 0 Å². The topological polar surface area (TPSA) is 0 Å². The van der Waals surface area contributed by atoms with Crippen LogP contribution >= 0.6 is 15.9 Å². The SMILES string of the molecule is Cc1cc(F)cc(CCC(Br)c2ccccc2)c1. The van der Waals surface area contributed by atoms with E-state index in [0.29, 0.717) is 4.83 Å². The van der Waals surface area contributed by atoms with Gasteiger partial charge in [-0.2, -0.15) is 0 Å². The Morgan fingerprint density at radius 2 is 1.83 bits per heavy atom. The zero-order valence-electron chi connectivity index (χ0n) is 10.4. The van der Waals surface area contributed by atoms with Gasteiger partial charge in [-0.25, -0.2) is 4.39 Å². The van der Waals surface area contributed by atoms with Crippen molar-refractivity contribution in [3.63, 3.8) is 0 Å². The summed E-state index contributed by atoms with van der Waals surface area (Å²) < 4.78 is 13.3. The van der Waals surface area contributed by atoms with Gasteiger partial charge in [0.05, 0.1) is 0 Å². The summed E-state index contributed by atoms with van der Waals surface area (Å²) in [6.07, 6.45) is 1.84. The van der Waals surface area contributed by atoms with E-state index in [1.165, 1.54) is 5.56 Å². The summed E-state index contributed by atoms with van der Waals surface area (Å²) in [5.41, 5.74) is 3.31. The van der Waals surface area contributed by atoms with Crippen molar-refractivity contribution in [3.05, 3.63) is 71.0 Å². The standard InChI is InChI=1S/C16H16BrF/c1-12-9-13(11-15(18)10-12)7-8-16(17)14-5-3-2-4-6-14/h2-6,9-11,16H,7-8H2,1H3. The largest absolute Gasteiger partial charge is 0.207 e. The summed E-state index contributed by atoms with van der Waals surface area (Å²) in [6, 6.07) is 15.5. The lowest BCUT2D eigenvalue weighted by Gasteiger charge is -2.10. The van der Waals surface area contributed by atoms with Gasteiger partial charge >= 0.3 is 0 Å². The fraction of sp³-hybridized carbons (Fsp3) is 0.250. The third-order valence-electron chi connectivity index (χ3n) is 2.95. The van der Waals surface area contributed by atoms with Crippen LogP contribution in [0, 0.1) is 12.7 Å². The maximum atomic E-state index is 13.3. The lowest BCUT2D eigenvalue weighted by molar-refractivity contribution is 0.623. The Morgan fingerprint density at radius 3 is 2.50 bits per heavy atom. The predicted octanol–water partition coefficient (Wildman–Crippen LogP) is 5.20. The molecule has 0 aliphatic heterocycles. The van der Waals surface area contributed by atoms with E-state index in [2.05, 4.69) is 28.1 Å². The monoisotopic (exact) mass is 306 g/mol. The second-order valence-electron chi connectivity index (χ2n) is 4.55. The van der Waals surface area contributed by atoms with E-state index in [1.807, 2.05) is 31.2 Å². The first-order chi connectivity index (χ1) is 8.65. The van der Waals surface area contributed by atoms with E-state index in [-0.39, 0.29) is 5.82 Å². The van der Waals surface area contributed by atoms with Crippen LogP contribution in [0.2, 0.25) is 0 Å². The number of aryl methyl sites for hydroxylation is 2. The molecule has 0 aromatic heterocycles. The number of halogens is 2. The van der Waals surface area contributed by atoms with Gasteiger partial charge in [0, 0.05) is 4.83 Å². The molecule has 2 aromatic rings. The molecule has 0 amide bonds. The molecule has 0 aliphatic carbocycles. The second kappa shape index (κ2) is 6.14. The van der Waals surface area contributed by atoms with Crippen LogP contribution < -0.4 is 0 Å². The number of rotatable bonds is 4. The van der Waals surface area contributed by atoms with Crippen LogP contribution in [0.5, 0.6) is 0 Å². The van der Waals surface area contributed by atoms with Gasteiger partial charge in [-0.1, -0.05) is 52.3 Å². The second-order valence-corrected chi connectivity index (χ2v) is 5.66. The summed E-state index contributed by atoms with van der Waals surface area (Å²) in [4.78, 5) is 0.322. The van der Waals surface area contributed by atoms with Gasteiger partial charge in [0.15, 0.2) is 0 Å². The quantitative estimate of drug-likeness (QED) is 0.681. The van der Waals surface area contributed by atoms with Crippen molar-refractivity contribution in [3.8, 4) is 0 Å². The summed E-state index contributed by atoms with van der Waals surface area (Å²) in [6.45, 7) is 1.93. The maximum Gasteiger partial charge on any atom is 0.123 e. The molecular formula is C16H16BrF. The van der Waals surface area contributed by atoms with Crippen LogP contribution in [-0.2, 0) is 6.42 Å². The van der Waals surface area contributed by atoms with Crippen LogP contribution in [0.1, 0.15) is 27.9 Å². The highest BCUT2D eigenvalue weighted by molar-refractivity contribution is 9.09. The van der Waals surface area contributed by atoms with Gasteiger partial charge in [0.1, 0.15) is 5.82 Å². The summed E-state index contributed by atoms with van der Waals surface area (Å²) in [7, 11) is 0. The van der Waals surface area contributed by atoms with E-state index in [4.69, 9.17) is 0 Å². The van der Waals surface area contributed by atoms with Crippen LogP contribution in [-0.4, -0.2) is 0 Å². The molecule has 0 N–H and O–H groups in total. The molecule has 0 fully saturated rings. The highest BCUT2D eigenvalue weighted by Gasteiger charge is 2.07. The Labute approximate surface area is 116 Å². The van der Waals surface area contributed by atoms with Gasteiger partial charge < -0.3 is 0 Å². The fourth-order valence-corrected chi connectivity index (χ4v) is 2.61. The molecule has 0 spiro atoms. The van der Waals surface area contributed by atoms with Crippen molar-refractivity contribution in [2.75, 3.05) is 0 Å². The van der Waals surface area contributed by atoms with Gasteiger partial charge in [-0.3, -0.25) is 0 Å². The third kappa shape index (κ3) is 3.67. The fourth-order valence-electron chi connectivity index (χ4n) is 2.08. The zero-order chi connectivity index (χ0) is 13.0. The molecule has 1 unspecified atom stereocenters. The number of hydrogen-bond acceptors (Lipinski definition) is 0. The van der Waals surface area contributed by atoms with Crippen LogP contribution in [0.25, 0.3) is 0 Å². The van der Waals surface area contributed by atoms with Crippen molar-refractivity contribution in [2.45, 2.75) is 24.6 Å². The first kappa shape index (κ1) is 13.3. The summed E-state index contributed by atoms with van der Waals surface area (Å²) in [5.74, 6) is -0.143. The maximum absolute atomic E-state index is 13.3. The van der Waals surface area contributed by atoms with Crippen molar-refractivity contribution < 1.29 is 4.39 Å².